The molecule has 1 rings (SSSR count). The topological polar surface area (TPSA) is 38.3 Å². The first kappa shape index (κ1) is 13.9. The van der Waals surface area contributed by atoms with Gasteiger partial charge in [-0.25, -0.2) is 5.48 Å². The van der Waals surface area contributed by atoms with Gasteiger partial charge in [-0.3, -0.25) is 9.63 Å². The Bertz CT molecular complexity index is 402. The molecule has 0 aliphatic carbocycles. The fourth-order valence-corrected chi connectivity index (χ4v) is 1.51. The molecule has 1 aromatic carbocycles. The van der Waals surface area contributed by atoms with Gasteiger partial charge in [0, 0.05) is 10.5 Å². The van der Waals surface area contributed by atoms with E-state index in [-0.39, 0.29) is 5.91 Å². The van der Waals surface area contributed by atoms with Gasteiger partial charge in [-0.2, -0.15) is 0 Å². The molecule has 3 nitrogen and oxygen atoms in total. The van der Waals surface area contributed by atoms with Crippen molar-refractivity contribution in [1.82, 2.24) is 5.48 Å². The molecule has 0 aliphatic rings. The average molecular weight is 298 g/mol. The van der Waals surface area contributed by atoms with Gasteiger partial charge in [0.2, 0.25) is 0 Å². The van der Waals surface area contributed by atoms with Crippen molar-refractivity contribution in [1.29, 1.82) is 0 Å². The molecule has 1 N–H and O–H groups in total. The van der Waals surface area contributed by atoms with Crippen LogP contribution in [0.5, 0.6) is 0 Å². The Kier molecular flexibility index (Phi) is 5.94. The SMILES string of the molecule is CC(C)CONC(=O)/C=C/c1cccc(Br)c1. The first-order valence-corrected chi connectivity index (χ1v) is 6.22. The van der Waals surface area contributed by atoms with Crippen LogP contribution in [0, 0.1) is 5.92 Å². The molecule has 0 unspecified atom stereocenters. The van der Waals surface area contributed by atoms with Gasteiger partial charge in [0.25, 0.3) is 5.91 Å². The molecule has 92 valence electrons. The zero-order chi connectivity index (χ0) is 12.7. The smallest absolute Gasteiger partial charge is 0.267 e. The summed E-state index contributed by atoms with van der Waals surface area (Å²) in [6.45, 7) is 4.55. The normalized spacial score (nSPS) is 11.1. The lowest BCUT2D eigenvalue weighted by atomic mass is 10.2. The minimum atomic E-state index is -0.259. The minimum Gasteiger partial charge on any atom is -0.273 e. The van der Waals surface area contributed by atoms with Gasteiger partial charge in [0.1, 0.15) is 0 Å². The summed E-state index contributed by atoms with van der Waals surface area (Å²) in [5, 5.41) is 0. The lowest BCUT2D eigenvalue weighted by molar-refractivity contribution is -0.129. The van der Waals surface area contributed by atoms with E-state index >= 15 is 0 Å². The molecule has 0 fully saturated rings. The van der Waals surface area contributed by atoms with Crippen molar-refractivity contribution in [2.75, 3.05) is 6.61 Å². The molecule has 1 aromatic rings. The van der Waals surface area contributed by atoms with Crippen LogP contribution in [-0.4, -0.2) is 12.5 Å². The van der Waals surface area contributed by atoms with Crippen LogP contribution in [0.15, 0.2) is 34.8 Å². The van der Waals surface area contributed by atoms with Crippen LogP contribution in [0.2, 0.25) is 0 Å². The number of carbonyl (C=O) groups excluding carboxylic acids is 1. The molecular formula is C13H16BrNO2. The molecule has 0 spiro atoms. The maximum absolute atomic E-state index is 11.3. The lowest BCUT2D eigenvalue weighted by Gasteiger charge is -2.05. The Labute approximate surface area is 110 Å². The fourth-order valence-electron chi connectivity index (χ4n) is 1.10. The quantitative estimate of drug-likeness (QED) is 0.670. The third-order valence-electron chi connectivity index (χ3n) is 1.87. The molecule has 4 heteroatoms. The van der Waals surface area contributed by atoms with Crippen LogP contribution in [0.4, 0.5) is 0 Å². The van der Waals surface area contributed by atoms with Crippen LogP contribution in [-0.2, 0) is 9.63 Å². The average Bonchev–Trinajstić information content (AvgIpc) is 2.26. The number of nitrogens with one attached hydrogen (secondary N) is 1. The first-order chi connectivity index (χ1) is 8.08. The standard InChI is InChI=1S/C13H16BrNO2/c1-10(2)9-17-15-13(16)7-6-11-4-3-5-12(14)8-11/h3-8,10H,9H2,1-2H3,(H,15,16)/b7-6+. The van der Waals surface area contributed by atoms with E-state index in [1.165, 1.54) is 6.08 Å². The highest BCUT2D eigenvalue weighted by Crippen LogP contribution is 2.12. The van der Waals surface area contributed by atoms with Crippen LogP contribution >= 0.6 is 15.9 Å². The summed E-state index contributed by atoms with van der Waals surface area (Å²) < 4.78 is 0.983. The summed E-state index contributed by atoms with van der Waals surface area (Å²) in [5.41, 5.74) is 3.32. The molecule has 1 amide bonds. The molecule has 17 heavy (non-hydrogen) atoms. The van der Waals surface area contributed by atoms with Crippen LogP contribution < -0.4 is 5.48 Å². The summed E-state index contributed by atoms with van der Waals surface area (Å²) in [4.78, 5) is 16.4. The van der Waals surface area contributed by atoms with E-state index in [1.807, 2.05) is 38.1 Å². The van der Waals surface area contributed by atoms with Crippen molar-refractivity contribution < 1.29 is 9.63 Å². The highest BCUT2D eigenvalue weighted by molar-refractivity contribution is 9.10. The van der Waals surface area contributed by atoms with Gasteiger partial charge in [-0.1, -0.05) is 41.9 Å². The fraction of sp³-hybridized carbons (Fsp3) is 0.308. The predicted octanol–water partition coefficient (Wildman–Crippen LogP) is 3.17. The van der Waals surface area contributed by atoms with Crippen molar-refractivity contribution in [2.45, 2.75) is 13.8 Å². The third kappa shape index (κ3) is 6.24. The zero-order valence-electron chi connectivity index (χ0n) is 9.94. The molecule has 0 heterocycles. The van der Waals surface area contributed by atoms with Crippen molar-refractivity contribution in [3.05, 3.63) is 40.4 Å². The maximum atomic E-state index is 11.3. The maximum Gasteiger partial charge on any atom is 0.267 e. The van der Waals surface area contributed by atoms with E-state index in [4.69, 9.17) is 4.84 Å². The molecular weight excluding hydrogens is 282 g/mol. The predicted molar refractivity (Wildman–Crippen MR) is 72.1 cm³/mol. The molecule has 0 saturated carbocycles. The number of halogens is 1. The van der Waals surface area contributed by atoms with Crippen LogP contribution in [0.25, 0.3) is 6.08 Å². The molecule has 0 atom stereocenters. The van der Waals surface area contributed by atoms with E-state index in [1.54, 1.807) is 6.08 Å². The highest BCUT2D eigenvalue weighted by atomic mass is 79.9. The first-order valence-electron chi connectivity index (χ1n) is 5.43. The number of hydrogen-bond donors (Lipinski definition) is 1. The number of carbonyl (C=O) groups is 1. The van der Waals surface area contributed by atoms with E-state index in [0.717, 1.165) is 10.0 Å². The molecule has 0 radical (unpaired) electrons. The van der Waals surface area contributed by atoms with Gasteiger partial charge >= 0.3 is 0 Å². The number of rotatable bonds is 5. The van der Waals surface area contributed by atoms with E-state index in [2.05, 4.69) is 21.4 Å². The van der Waals surface area contributed by atoms with E-state index in [9.17, 15) is 4.79 Å². The molecule has 0 aromatic heterocycles. The largest absolute Gasteiger partial charge is 0.273 e. The van der Waals surface area contributed by atoms with Crippen LogP contribution in [0.1, 0.15) is 19.4 Å². The monoisotopic (exact) mass is 297 g/mol. The van der Waals surface area contributed by atoms with Gasteiger partial charge in [0.05, 0.1) is 6.61 Å². The minimum absolute atomic E-state index is 0.259. The number of amides is 1. The molecule has 0 saturated heterocycles. The summed E-state index contributed by atoms with van der Waals surface area (Å²) in [6, 6.07) is 7.70. The Morgan fingerprint density at radius 2 is 2.29 bits per heavy atom. The summed E-state index contributed by atoms with van der Waals surface area (Å²) in [6.07, 6.45) is 3.18. The highest BCUT2D eigenvalue weighted by Gasteiger charge is 1.97. The van der Waals surface area contributed by atoms with Crippen molar-refractivity contribution in [2.24, 2.45) is 5.92 Å². The van der Waals surface area contributed by atoms with Gasteiger partial charge in [-0.15, -0.1) is 0 Å². The Morgan fingerprint density at radius 1 is 1.53 bits per heavy atom. The second-order valence-corrected chi connectivity index (χ2v) is 4.98. The summed E-state index contributed by atoms with van der Waals surface area (Å²) >= 11 is 3.37. The van der Waals surface area contributed by atoms with Crippen molar-refractivity contribution >= 4 is 27.9 Å². The van der Waals surface area contributed by atoms with Crippen LogP contribution in [0.3, 0.4) is 0 Å². The third-order valence-corrected chi connectivity index (χ3v) is 2.36. The van der Waals surface area contributed by atoms with Gasteiger partial charge in [-0.05, 0) is 29.7 Å². The zero-order valence-corrected chi connectivity index (χ0v) is 11.5. The lowest BCUT2D eigenvalue weighted by Crippen LogP contribution is -2.23. The number of hydroxylamine groups is 1. The summed E-state index contributed by atoms with van der Waals surface area (Å²) in [7, 11) is 0. The van der Waals surface area contributed by atoms with Crippen molar-refractivity contribution in [3.63, 3.8) is 0 Å². The number of benzene rings is 1. The number of hydrogen-bond acceptors (Lipinski definition) is 2. The summed E-state index contributed by atoms with van der Waals surface area (Å²) in [5.74, 6) is 0.134. The van der Waals surface area contributed by atoms with E-state index < -0.39 is 0 Å². The Morgan fingerprint density at radius 3 is 2.94 bits per heavy atom. The molecule has 0 bridgehead atoms. The molecule has 0 aliphatic heterocycles. The van der Waals surface area contributed by atoms with Gasteiger partial charge < -0.3 is 0 Å². The second-order valence-electron chi connectivity index (χ2n) is 4.06. The second kappa shape index (κ2) is 7.25. The Hall–Kier alpha value is -1.13. The van der Waals surface area contributed by atoms with Crippen molar-refractivity contribution in [3.8, 4) is 0 Å². The van der Waals surface area contributed by atoms with E-state index in [0.29, 0.717) is 12.5 Å². The Balaban J connectivity index is 2.40. The van der Waals surface area contributed by atoms with Gasteiger partial charge in [0.15, 0.2) is 0 Å².